The maximum absolute atomic E-state index is 14.9. The number of rotatable bonds is 4. The summed E-state index contributed by atoms with van der Waals surface area (Å²) in [6, 6.07) is 23.4. The highest BCUT2D eigenvalue weighted by molar-refractivity contribution is 6.23. The second-order valence-electron chi connectivity index (χ2n) is 11.5. The van der Waals surface area contributed by atoms with Gasteiger partial charge in [0.05, 0.1) is 35.9 Å². The summed E-state index contributed by atoms with van der Waals surface area (Å²) in [5, 5.41) is 2.86. The number of fused-ring (bicyclic) bond motifs is 10. The Morgan fingerprint density at radius 3 is 1.80 bits per heavy atom. The van der Waals surface area contributed by atoms with Crippen molar-refractivity contribution in [3.05, 3.63) is 168 Å². The third-order valence-electron chi connectivity index (χ3n) is 8.72. The summed E-state index contributed by atoms with van der Waals surface area (Å²) in [4.78, 5) is 33.6. The zero-order valence-corrected chi connectivity index (χ0v) is 25.8. The third kappa shape index (κ3) is 4.27. The van der Waals surface area contributed by atoms with E-state index in [0.29, 0.717) is 22.2 Å². The fraction of sp³-hybridized carbons (Fsp3) is 0. The molecule has 0 unspecified atom stereocenters. The van der Waals surface area contributed by atoms with Gasteiger partial charge in [-0.15, -0.1) is 0 Å². The van der Waals surface area contributed by atoms with Crippen LogP contribution in [-0.4, -0.2) is 28.9 Å². The van der Waals surface area contributed by atoms with E-state index in [1.807, 2.05) is 65.1 Å². The maximum atomic E-state index is 14.9. The van der Waals surface area contributed by atoms with E-state index in [1.165, 1.54) is 0 Å². The van der Waals surface area contributed by atoms with Crippen molar-refractivity contribution < 1.29 is 13.7 Å². The van der Waals surface area contributed by atoms with E-state index in [-0.39, 0.29) is 28.1 Å². The first kappa shape index (κ1) is 19.7. The predicted molar refractivity (Wildman–Crippen MR) is 201 cm³/mol. The monoisotopic (exact) mass is 652 g/mol. The molecule has 0 spiro atoms. The van der Waals surface area contributed by atoms with Crippen LogP contribution >= 0.6 is 0 Å². The van der Waals surface area contributed by atoms with Crippen LogP contribution in [0.15, 0.2) is 162 Å². The molecule has 7 nitrogen and oxygen atoms in total. The molecule has 234 valence electrons. The van der Waals surface area contributed by atoms with E-state index in [0.717, 1.165) is 32.7 Å². The van der Waals surface area contributed by atoms with Crippen LogP contribution in [-0.2, 0) is 0 Å². The first-order chi connectivity index (χ1) is 28.9. The van der Waals surface area contributed by atoms with Gasteiger partial charge in [-0.05, 0) is 41.8 Å². The first-order valence-electron chi connectivity index (χ1n) is 20.6. The van der Waals surface area contributed by atoms with Gasteiger partial charge in [0.2, 0.25) is 0 Å². The van der Waals surface area contributed by atoms with Crippen LogP contribution in [0.1, 0.15) is 13.7 Å². The van der Waals surface area contributed by atoms with Gasteiger partial charge in [-0.2, -0.15) is 0 Å². The molecule has 0 aliphatic heterocycles. The molecule has 10 aromatic rings. The van der Waals surface area contributed by atoms with E-state index >= 15 is 0 Å². The fourth-order valence-corrected chi connectivity index (χ4v) is 6.62. The Balaban J connectivity index is 1.31. The molecule has 7 heteroatoms. The van der Waals surface area contributed by atoms with E-state index < -0.39 is 72.1 Å². The third-order valence-corrected chi connectivity index (χ3v) is 8.72. The molecule has 0 saturated carbocycles. The highest BCUT2D eigenvalue weighted by atomic mass is 16.1. The van der Waals surface area contributed by atoms with Gasteiger partial charge >= 0.3 is 0 Å². The van der Waals surface area contributed by atoms with Crippen molar-refractivity contribution >= 4 is 49.3 Å². The molecule has 0 bridgehead atoms. The smallest absolute Gasteiger partial charge is 0.263 e. The summed E-state index contributed by atoms with van der Waals surface area (Å²) >= 11 is 0. The second kappa shape index (κ2) is 11.0. The van der Waals surface area contributed by atoms with Gasteiger partial charge in [-0.25, -0.2) is 19.9 Å². The van der Waals surface area contributed by atoms with Gasteiger partial charge < -0.3 is 0 Å². The van der Waals surface area contributed by atoms with Crippen molar-refractivity contribution in [1.29, 1.82) is 0 Å². The predicted octanol–water partition coefficient (Wildman–Crippen LogP) is 9.28. The van der Waals surface area contributed by atoms with Crippen LogP contribution in [0.4, 0.5) is 0 Å². The lowest BCUT2D eigenvalue weighted by molar-refractivity contribution is 1.05. The van der Waals surface area contributed by atoms with Crippen molar-refractivity contribution in [1.82, 2.24) is 28.9 Å². The van der Waals surface area contributed by atoms with Gasteiger partial charge in [0.1, 0.15) is 5.52 Å². The molecular weight excluding hydrogens is 617 g/mol. The Bertz CT molecular complexity index is 3460. The van der Waals surface area contributed by atoms with Crippen molar-refractivity contribution in [3.8, 4) is 39.9 Å². The maximum Gasteiger partial charge on any atom is 0.263 e. The van der Waals surface area contributed by atoms with Gasteiger partial charge in [-0.1, -0.05) is 121 Å². The van der Waals surface area contributed by atoms with E-state index in [4.69, 9.17) is 18.7 Å². The van der Waals surface area contributed by atoms with Crippen molar-refractivity contribution in [3.63, 3.8) is 0 Å². The Labute approximate surface area is 299 Å². The minimum absolute atomic E-state index is 0.129. The number of hydrogen-bond donors (Lipinski definition) is 0. The molecule has 4 heterocycles. The number of aromatic nitrogens is 6. The Morgan fingerprint density at radius 2 is 1.10 bits per heavy atom. The number of pyridine rings is 2. The molecule has 0 aliphatic rings. The Kier molecular flexibility index (Phi) is 4.36. The largest absolute Gasteiger partial charge is 0.290 e. The van der Waals surface area contributed by atoms with E-state index in [1.54, 1.807) is 41.0 Å². The molecule has 6 aromatic carbocycles. The average Bonchev–Trinajstić information content (AvgIpc) is 3.66. The molecule has 0 saturated heterocycles. The van der Waals surface area contributed by atoms with Gasteiger partial charge in [0.15, 0.2) is 23.1 Å². The summed E-state index contributed by atoms with van der Waals surface area (Å²) in [6.45, 7) is 0. The number of hydrogen-bond acceptors (Lipinski definition) is 5. The number of imidazole rings is 1. The number of para-hydroxylation sites is 3. The highest BCUT2D eigenvalue weighted by Gasteiger charge is 2.22. The van der Waals surface area contributed by atoms with Crippen molar-refractivity contribution in [2.45, 2.75) is 0 Å². The molecule has 0 radical (unpaired) electrons. The van der Waals surface area contributed by atoms with Crippen molar-refractivity contribution in [2.75, 3.05) is 0 Å². The van der Waals surface area contributed by atoms with Gasteiger partial charge in [0, 0.05) is 32.8 Å². The topological polar surface area (TPSA) is 78.0 Å². The standard InChI is InChI=1S/C43H26N6O/c50-43-32-21-8-7-20-31(32)37-33-22-9-11-24-35(33)49-36-25-12-10-23-34(36)44-42(49)38(37)48(43)30-19-13-18-29(26-30)41-46-39(27-14-3-1-4-15-27)45-40(47-41)28-16-5-2-6-17-28/h1-26H/i1D,2D,3D,4D,5D,6D,14D,15D,16D,17D. The molecule has 50 heavy (non-hydrogen) atoms. The molecular formula is C43H26N6O. The number of benzene rings is 6. The van der Waals surface area contributed by atoms with Crippen LogP contribution in [0.25, 0.3) is 89.1 Å². The summed E-state index contributed by atoms with van der Waals surface area (Å²) in [6.07, 6.45) is 0. The Hall–Kier alpha value is -6.99. The number of nitrogens with zero attached hydrogens (tertiary/aromatic N) is 6. The molecule has 0 amide bonds. The normalized spacial score (nSPS) is 14.5. The molecule has 4 aromatic heterocycles. The van der Waals surface area contributed by atoms with Crippen LogP contribution < -0.4 is 5.56 Å². The molecule has 0 fully saturated rings. The van der Waals surface area contributed by atoms with Crippen LogP contribution in [0.3, 0.4) is 0 Å². The van der Waals surface area contributed by atoms with Crippen molar-refractivity contribution in [2.24, 2.45) is 0 Å². The van der Waals surface area contributed by atoms with E-state index in [2.05, 4.69) is 15.0 Å². The minimum atomic E-state index is -0.646. The lowest BCUT2D eigenvalue weighted by Crippen LogP contribution is -2.20. The quantitative estimate of drug-likeness (QED) is 0.177. The van der Waals surface area contributed by atoms with Gasteiger partial charge in [-0.3, -0.25) is 13.8 Å². The van der Waals surface area contributed by atoms with Crippen LogP contribution in [0.5, 0.6) is 0 Å². The lowest BCUT2D eigenvalue weighted by atomic mass is 10.0. The average molecular weight is 653 g/mol. The lowest BCUT2D eigenvalue weighted by Gasteiger charge is -2.17. The summed E-state index contributed by atoms with van der Waals surface area (Å²) < 4.78 is 88.0. The van der Waals surface area contributed by atoms with Crippen LogP contribution in [0.2, 0.25) is 0 Å². The first-order valence-corrected chi connectivity index (χ1v) is 15.6. The molecule has 10 rings (SSSR count). The molecule has 0 atom stereocenters. The Morgan fingerprint density at radius 1 is 0.520 bits per heavy atom. The zero-order valence-electron chi connectivity index (χ0n) is 35.8. The van der Waals surface area contributed by atoms with Gasteiger partial charge in [0.25, 0.3) is 5.56 Å². The molecule has 0 aliphatic carbocycles. The summed E-state index contributed by atoms with van der Waals surface area (Å²) in [5.74, 6) is -0.916. The highest BCUT2D eigenvalue weighted by Crippen LogP contribution is 2.37. The summed E-state index contributed by atoms with van der Waals surface area (Å²) in [5.41, 5.74) is 3.07. The SMILES string of the molecule is [2H]c1c([2H])c([2H])c(-c2nc(-c3cccc(-n4c(=O)c5ccccc5c5c6ccccc6n6c7ccccc7nc6c54)c3)nc(-c3c([2H])c([2H])c([2H])c([2H])c3[2H])n2)c([2H])c1[2H]. The zero-order chi connectivity index (χ0) is 41.9. The minimum Gasteiger partial charge on any atom is -0.290 e. The second-order valence-corrected chi connectivity index (χ2v) is 11.5. The summed E-state index contributed by atoms with van der Waals surface area (Å²) in [7, 11) is 0. The van der Waals surface area contributed by atoms with Crippen LogP contribution in [0, 0.1) is 0 Å². The fourth-order valence-electron chi connectivity index (χ4n) is 6.62. The molecule has 0 N–H and O–H groups in total. The van der Waals surface area contributed by atoms with E-state index in [9.17, 15) is 4.79 Å².